The Morgan fingerprint density at radius 3 is 2.50 bits per heavy atom. The molecule has 0 bridgehead atoms. The Hall–Kier alpha value is -0.220. The second-order valence-electron chi connectivity index (χ2n) is 1.89. The average molecular weight is 222 g/mol. The van der Waals surface area contributed by atoms with Crippen LogP contribution >= 0.6 is 11.3 Å². The molecule has 0 atom stereocenters. The number of Topliss-reactive ketones (excluding diaryl/α,β-unsaturated/α-hetero) is 1. The van der Waals surface area contributed by atoms with Gasteiger partial charge in [0.1, 0.15) is 0 Å². The van der Waals surface area contributed by atoms with Gasteiger partial charge >= 0.3 is 0 Å². The number of thiazole rings is 1. The molecular formula is C6H8BrNOS. The van der Waals surface area contributed by atoms with Gasteiger partial charge in [-0.1, -0.05) is 11.3 Å². The molecule has 0 fully saturated rings. The Kier molecular flexibility index (Phi) is 3.75. The molecule has 0 saturated heterocycles. The van der Waals surface area contributed by atoms with Gasteiger partial charge in [-0.15, -0.1) is 0 Å². The lowest BCUT2D eigenvalue weighted by molar-refractivity contribution is -0.383. The Bertz CT molecular complexity index is 233. The van der Waals surface area contributed by atoms with Gasteiger partial charge in [-0.05, 0) is 0 Å². The molecule has 1 aromatic rings. The van der Waals surface area contributed by atoms with E-state index in [2.05, 4.69) is 4.98 Å². The molecule has 0 aliphatic heterocycles. The van der Waals surface area contributed by atoms with Gasteiger partial charge in [-0.25, -0.2) is 0 Å². The fourth-order valence-corrected chi connectivity index (χ4v) is 1.26. The van der Waals surface area contributed by atoms with Crippen molar-refractivity contribution in [3.05, 3.63) is 16.1 Å². The number of hydrogen-bond donors (Lipinski definition) is 0. The van der Waals surface area contributed by atoms with Crippen molar-refractivity contribution >= 4 is 17.1 Å². The van der Waals surface area contributed by atoms with E-state index in [-0.39, 0.29) is 22.8 Å². The SMILES string of the molecule is CC(=O)c1csc(C)[nH+]1.[Br-]. The fourth-order valence-electron chi connectivity index (χ4n) is 0.567. The molecule has 0 amide bonds. The molecule has 1 aromatic heterocycles. The smallest absolute Gasteiger partial charge is 0.257 e. The van der Waals surface area contributed by atoms with E-state index in [4.69, 9.17) is 0 Å². The van der Waals surface area contributed by atoms with Crippen LogP contribution in [-0.4, -0.2) is 5.78 Å². The van der Waals surface area contributed by atoms with Gasteiger partial charge in [0, 0.05) is 13.8 Å². The van der Waals surface area contributed by atoms with E-state index in [0.29, 0.717) is 5.69 Å². The van der Waals surface area contributed by atoms with E-state index < -0.39 is 0 Å². The van der Waals surface area contributed by atoms with Crippen LogP contribution in [0.3, 0.4) is 0 Å². The van der Waals surface area contributed by atoms with Crippen molar-refractivity contribution in [2.24, 2.45) is 0 Å². The predicted molar refractivity (Wildman–Crippen MR) is 35.6 cm³/mol. The zero-order valence-corrected chi connectivity index (χ0v) is 8.17. The number of aromatic nitrogens is 1. The van der Waals surface area contributed by atoms with E-state index in [1.54, 1.807) is 18.3 Å². The summed E-state index contributed by atoms with van der Waals surface area (Å²) in [4.78, 5) is 13.6. The van der Waals surface area contributed by atoms with Crippen LogP contribution in [0, 0.1) is 6.92 Å². The third-order valence-corrected chi connectivity index (χ3v) is 1.85. The number of nitrogens with one attached hydrogen (secondary N) is 1. The molecular weight excluding hydrogens is 214 g/mol. The van der Waals surface area contributed by atoms with Gasteiger partial charge in [0.25, 0.3) is 5.69 Å². The minimum atomic E-state index is 0. The summed E-state index contributed by atoms with van der Waals surface area (Å²) in [6.45, 7) is 3.50. The fraction of sp³-hybridized carbons (Fsp3) is 0.333. The Balaban J connectivity index is 0.000000810. The van der Waals surface area contributed by atoms with Crippen molar-refractivity contribution in [3.8, 4) is 0 Å². The van der Waals surface area contributed by atoms with Crippen molar-refractivity contribution in [2.45, 2.75) is 13.8 Å². The number of carbonyl (C=O) groups excluding carboxylic acids is 1. The van der Waals surface area contributed by atoms with Crippen LogP contribution in [-0.2, 0) is 0 Å². The van der Waals surface area contributed by atoms with Gasteiger partial charge in [0.2, 0.25) is 10.8 Å². The third-order valence-electron chi connectivity index (χ3n) is 1.04. The number of H-pyrrole nitrogens is 1. The lowest BCUT2D eigenvalue weighted by Gasteiger charge is -1.72. The van der Waals surface area contributed by atoms with Gasteiger partial charge in [-0.2, -0.15) is 4.98 Å². The van der Waals surface area contributed by atoms with Crippen molar-refractivity contribution < 1.29 is 26.8 Å². The number of hydrogen-bond acceptors (Lipinski definition) is 2. The second-order valence-corrected chi connectivity index (χ2v) is 2.97. The van der Waals surface area contributed by atoms with Crippen LogP contribution in [0.2, 0.25) is 0 Å². The van der Waals surface area contributed by atoms with Crippen LogP contribution in [0.4, 0.5) is 0 Å². The van der Waals surface area contributed by atoms with Crippen molar-refractivity contribution in [2.75, 3.05) is 0 Å². The molecule has 1 rings (SSSR count). The first kappa shape index (κ1) is 9.78. The molecule has 0 radical (unpaired) electrons. The summed E-state index contributed by atoms with van der Waals surface area (Å²) in [5, 5.41) is 2.90. The summed E-state index contributed by atoms with van der Waals surface area (Å²) in [6.07, 6.45) is 0. The van der Waals surface area contributed by atoms with Gasteiger partial charge < -0.3 is 17.0 Å². The molecule has 2 nitrogen and oxygen atoms in total. The highest BCUT2D eigenvalue weighted by molar-refractivity contribution is 7.09. The Morgan fingerprint density at radius 2 is 2.30 bits per heavy atom. The average Bonchev–Trinajstić information content (AvgIpc) is 2.14. The lowest BCUT2D eigenvalue weighted by Crippen LogP contribution is -3.00. The molecule has 0 saturated carbocycles. The van der Waals surface area contributed by atoms with E-state index in [1.807, 2.05) is 12.3 Å². The maximum Gasteiger partial charge on any atom is 0.257 e. The quantitative estimate of drug-likeness (QED) is 0.509. The minimum Gasteiger partial charge on any atom is -1.00 e. The zero-order valence-electron chi connectivity index (χ0n) is 5.77. The van der Waals surface area contributed by atoms with Gasteiger partial charge in [0.15, 0.2) is 0 Å². The highest BCUT2D eigenvalue weighted by atomic mass is 79.9. The Labute approximate surface area is 74.1 Å². The van der Waals surface area contributed by atoms with Crippen LogP contribution in [0.15, 0.2) is 5.38 Å². The van der Waals surface area contributed by atoms with E-state index >= 15 is 0 Å². The highest BCUT2D eigenvalue weighted by Crippen LogP contribution is 2.02. The molecule has 0 aliphatic rings. The van der Waals surface area contributed by atoms with E-state index in [9.17, 15) is 4.79 Å². The molecule has 0 unspecified atom stereocenters. The first-order valence-electron chi connectivity index (χ1n) is 2.68. The minimum absolute atomic E-state index is 0. The lowest BCUT2D eigenvalue weighted by atomic mass is 10.4. The number of ketones is 1. The van der Waals surface area contributed by atoms with Crippen molar-refractivity contribution in [1.29, 1.82) is 0 Å². The topological polar surface area (TPSA) is 31.2 Å². The monoisotopic (exact) mass is 221 g/mol. The Morgan fingerprint density at radius 1 is 1.70 bits per heavy atom. The summed E-state index contributed by atoms with van der Waals surface area (Å²) in [5.41, 5.74) is 0.706. The normalized spacial score (nSPS) is 8.60. The first-order valence-corrected chi connectivity index (χ1v) is 3.56. The molecule has 56 valence electrons. The molecule has 0 spiro atoms. The second kappa shape index (κ2) is 3.83. The van der Waals surface area contributed by atoms with Crippen molar-refractivity contribution in [3.63, 3.8) is 0 Å². The largest absolute Gasteiger partial charge is 1.00 e. The number of rotatable bonds is 1. The van der Waals surface area contributed by atoms with Gasteiger partial charge in [0.05, 0.1) is 5.38 Å². The summed E-state index contributed by atoms with van der Waals surface area (Å²) >= 11 is 1.56. The molecule has 1 N–H and O–H groups in total. The summed E-state index contributed by atoms with van der Waals surface area (Å²) in [5.74, 6) is 0.0966. The standard InChI is InChI=1S/C6H7NOS.BrH/c1-4(8)6-3-9-5(2)7-6;/h3H,1-2H3;1H. The third kappa shape index (κ3) is 2.19. The number of aromatic amines is 1. The highest BCUT2D eigenvalue weighted by Gasteiger charge is 2.08. The van der Waals surface area contributed by atoms with E-state index in [1.165, 1.54) is 0 Å². The predicted octanol–water partition coefficient (Wildman–Crippen LogP) is -1.92. The van der Waals surface area contributed by atoms with Gasteiger partial charge in [-0.3, -0.25) is 4.79 Å². The molecule has 4 heteroatoms. The van der Waals surface area contributed by atoms with E-state index in [0.717, 1.165) is 5.01 Å². The summed E-state index contributed by atoms with van der Waals surface area (Å²) in [6, 6.07) is 0. The number of halogens is 1. The maximum atomic E-state index is 10.6. The summed E-state index contributed by atoms with van der Waals surface area (Å²) in [7, 11) is 0. The summed E-state index contributed by atoms with van der Waals surface area (Å²) < 4.78 is 0. The van der Waals surface area contributed by atoms with Crippen LogP contribution in [0.25, 0.3) is 0 Å². The van der Waals surface area contributed by atoms with Crippen LogP contribution in [0.5, 0.6) is 0 Å². The molecule has 1 heterocycles. The number of carbonyl (C=O) groups is 1. The zero-order chi connectivity index (χ0) is 6.85. The molecule has 0 aromatic carbocycles. The molecule has 0 aliphatic carbocycles. The van der Waals surface area contributed by atoms with Crippen molar-refractivity contribution in [1.82, 2.24) is 0 Å². The number of aryl methyl sites for hydroxylation is 1. The maximum absolute atomic E-state index is 10.6. The molecule has 10 heavy (non-hydrogen) atoms. The van der Waals surface area contributed by atoms with Crippen LogP contribution < -0.4 is 22.0 Å². The van der Waals surface area contributed by atoms with Crippen LogP contribution in [0.1, 0.15) is 22.4 Å². The first-order chi connectivity index (χ1) is 4.20.